The van der Waals surface area contributed by atoms with Gasteiger partial charge in [0.1, 0.15) is 0 Å². The molecule has 0 radical (unpaired) electrons. The Balaban J connectivity index is 0.00000141. The van der Waals surface area contributed by atoms with Gasteiger partial charge in [-0.25, -0.2) is 9.37 Å². The van der Waals surface area contributed by atoms with Crippen LogP contribution in [0.5, 0.6) is 5.75 Å². The number of anilines is 1. The van der Waals surface area contributed by atoms with Crippen LogP contribution < -0.4 is 15.4 Å². The summed E-state index contributed by atoms with van der Waals surface area (Å²) in [5, 5.41) is 12.9. The van der Waals surface area contributed by atoms with Crippen LogP contribution in [0.15, 0.2) is 36.5 Å². The highest BCUT2D eigenvalue weighted by molar-refractivity contribution is 6.34. The predicted molar refractivity (Wildman–Crippen MR) is 157 cm³/mol. The summed E-state index contributed by atoms with van der Waals surface area (Å²) in [4.78, 5) is 54.7. The van der Waals surface area contributed by atoms with Crippen molar-refractivity contribution in [3.8, 4) is 17.0 Å². The molecule has 0 bridgehead atoms. The minimum absolute atomic E-state index is 0.00147. The molecule has 3 amide bonds. The van der Waals surface area contributed by atoms with Gasteiger partial charge in [-0.2, -0.15) is 4.39 Å². The van der Waals surface area contributed by atoms with Crippen molar-refractivity contribution in [1.29, 1.82) is 0 Å². The molecule has 2 aliphatic heterocycles. The maximum atomic E-state index is 14.6. The number of benzene rings is 2. The molecule has 15 heteroatoms. The number of imidazole rings is 1. The highest BCUT2D eigenvalue weighted by Crippen LogP contribution is 2.30. The molecule has 3 aromatic rings. The van der Waals surface area contributed by atoms with E-state index in [1.54, 1.807) is 11.0 Å². The number of hydrogen-bond acceptors (Lipinski definition) is 7. The van der Waals surface area contributed by atoms with Crippen LogP contribution in [0.3, 0.4) is 0 Å². The van der Waals surface area contributed by atoms with Gasteiger partial charge in [-0.3, -0.25) is 19.2 Å². The van der Waals surface area contributed by atoms with E-state index in [1.807, 2.05) is 4.90 Å². The van der Waals surface area contributed by atoms with E-state index in [0.29, 0.717) is 38.4 Å². The smallest absolute Gasteiger partial charge is 0.291 e. The van der Waals surface area contributed by atoms with Crippen LogP contribution in [-0.4, -0.2) is 95.0 Å². The Hall–Kier alpha value is -4.56. The van der Waals surface area contributed by atoms with E-state index in [1.165, 1.54) is 49.2 Å². The van der Waals surface area contributed by atoms with Crippen LogP contribution in [0.1, 0.15) is 27.4 Å². The number of nitrogens with one attached hydrogen (secondary N) is 2. The molecule has 12 nitrogen and oxygen atoms in total. The lowest BCUT2D eigenvalue weighted by atomic mass is 10.1. The van der Waals surface area contributed by atoms with Gasteiger partial charge in [0.15, 0.2) is 17.4 Å². The summed E-state index contributed by atoms with van der Waals surface area (Å²) < 4.78 is 35.0. The van der Waals surface area contributed by atoms with Gasteiger partial charge in [0.25, 0.3) is 18.3 Å². The maximum absolute atomic E-state index is 14.6. The largest absolute Gasteiger partial charge is 0.494 e. The van der Waals surface area contributed by atoms with Crippen LogP contribution in [0.25, 0.3) is 11.3 Å². The number of rotatable bonds is 6. The van der Waals surface area contributed by atoms with Crippen molar-refractivity contribution < 1.29 is 37.8 Å². The van der Waals surface area contributed by atoms with Crippen molar-refractivity contribution in [3.05, 3.63) is 64.6 Å². The highest BCUT2D eigenvalue weighted by Gasteiger charge is 2.31. The second-order valence-corrected chi connectivity index (χ2v) is 10.4. The number of carboxylic acid groups (broad SMARTS) is 1. The third kappa shape index (κ3) is 6.81. The van der Waals surface area contributed by atoms with Gasteiger partial charge in [-0.05, 0) is 43.3 Å². The Morgan fingerprint density at radius 2 is 1.80 bits per heavy atom. The number of halogens is 3. The molecule has 0 unspecified atom stereocenters. The summed E-state index contributed by atoms with van der Waals surface area (Å²) >= 11 is 6.43. The van der Waals surface area contributed by atoms with Gasteiger partial charge < -0.3 is 34.8 Å². The summed E-state index contributed by atoms with van der Waals surface area (Å²) in [6.45, 7) is 3.02. The molecule has 3 heterocycles. The van der Waals surface area contributed by atoms with Crippen molar-refractivity contribution in [2.24, 2.45) is 13.0 Å². The zero-order valence-electron chi connectivity index (χ0n) is 24.0. The number of methoxy groups -OCH3 is 1. The van der Waals surface area contributed by atoms with E-state index >= 15 is 0 Å². The lowest BCUT2D eigenvalue weighted by Crippen LogP contribution is -2.52. The van der Waals surface area contributed by atoms with E-state index in [2.05, 4.69) is 15.6 Å². The second kappa shape index (κ2) is 14.3. The summed E-state index contributed by atoms with van der Waals surface area (Å²) in [5.74, 6) is -3.29. The van der Waals surface area contributed by atoms with Gasteiger partial charge in [0.05, 0.1) is 35.5 Å². The van der Waals surface area contributed by atoms with Crippen molar-refractivity contribution in [2.45, 2.75) is 6.42 Å². The zero-order chi connectivity index (χ0) is 32.0. The van der Waals surface area contributed by atoms with Gasteiger partial charge in [-0.1, -0.05) is 11.6 Å². The monoisotopic (exact) mass is 632 g/mol. The molecular weight excluding hydrogens is 602 g/mol. The van der Waals surface area contributed by atoms with Crippen LogP contribution >= 0.6 is 11.6 Å². The van der Waals surface area contributed by atoms with Crippen LogP contribution in [0.2, 0.25) is 5.02 Å². The molecule has 0 saturated carbocycles. The lowest BCUT2D eigenvalue weighted by Gasteiger charge is -2.36. The Labute approximate surface area is 256 Å². The molecule has 5 rings (SSSR count). The standard InChI is InChI=1S/C28H29ClF2N6O4.CH2O2/c1-35-21(19-5-6-22(41-2)24(31)23(19)30)15-33-25(35)26(38)34-17-3-4-18(20(29)13-17)28(40)37-11-9-36(10-12-37)27(39)16-7-8-32-14-16;2-1-3/h3-6,13,15-16,32H,7-12,14H2,1-2H3,(H,34,38);1H,(H,2,3)/t16-;/m1./s1. The topological polar surface area (TPSA) is 146 Å². The lowest BCUT2D eigenvalue weighted by molar-refractivity contribution is -0.136. The van der Waals surface area contributed by atoms with Crippen LogP contribution in [-0.2, 0) is 16.6 Å². The first-order valence-electron chi connectivity index (χ1n) is 13.6. The van der Waals surface area contributed by atoms with Crippen molar-refractivity contribution >= 4 is 41.5 Å². The number of nitrogens with zero attached hydrogens (tertiary/aromatic N) is 4. The number of ether oxygens (including phenoxy) is 1. The van der Waals surface area contributed by atoms with Crippen LogP contribution in [0, 0.1) is 17.6 Å². The SMILES string of the molecule is COc1ccc(-c2cnc(C(=O)Nc3ccc(C(=O)N4CCN(C(=O)[C@@H]5CCNC5)CC4)c(Cl)c3)n2C)c(F)c1F.O=CO. The molecule has 3 N–H and O–H groups in total. The molecule has 44 heavy (non-hydrogen) atoms. The van der Waals surface area contributed by atoms with Gasteiger partial charge in [-0.15, -0.1) is 0 Å². The normalized spacial score (nSPS) is 16.2. The van der Waals surface area contributed by atoms with E-state index < -0.39 is 17.5 Å². The first-order chi connectivity index (χ1) is 21.1. The van der Waals surface area contributed by atoms with Crippen LogP contribution in [0.4, 0.5) is 14.5 Å². The van der Waals surface area contributed by atoms with Crippen molar-refractivity contribution in [2.75, 3.05) is 51.7 Å². The molecule has 2 aliphatic rings. The molecule has 234 valence electrons. The van der Waals surface area contributed by atoms with Crippen molar-refractivity contribution in [3.63, 3.8) is 0 Å². The number of piperazine rings is 1. The number of carbonyl (C=O) groups excluding carboxylic acids is 3. The van der Waals surface area contributed by atoms with E-state index in [9.17, 15) is 23.2 Å². The Morgan fingerprint density at radius 1 is 1.11 bits per heavy atom. The minimum Gasteiger partial charge on any atom is -0.494 e. The first-order valence-corrected chi connectivity index (χ1v) is 14.0. The fraction of sp³-hybridized carbons (Fsp3) is 0.345. The molecule has 1 atom stereocenters. The van der Waals surface area contributed by atoms with Gasteiger partial charge in [0.2, 0.25) is 11.7 Å². The van der Waals surface area contributed by atoms with E-state index in [4.69, 9.17) is 26.2 Å². The Bertz CT molecular complexity index is 1550. The summed E-state index contributed by atoms with van der Waals surface area (Å²) in [6.07, 6.45) is 2.10. The maximum Gasteiger partial charge on any atom is 0.291 e. The fourth-order valence-corrected chi connectivity index (χ4v) is 5.40. The fourth-order valence-electron chi connectivity index (χ4n) is 5.14. The summed E-state index contributed by atoms with van der Waals surface area (Å²) in [7, 11) is 2.74. The number of amides is 3. The molecule has 1 aromatic heterocycles. The molecule has 2 fully saturated rings. The molecule has 2 saturated heterocycles. The molecule has 2 aromatic carbocycles. The second-order valence-electron chi connectivity index (χ2n) is 10.0. The van der Waals surface area contributed by atoms with E-state index in [-0.39, 0.29) is 57.6 Å². The quantitative estimate of drug-likeness (QED) is 0.352. The van der Waals surface area contributed by atoms with Crippen molar-refractivity contribution in [1.82, 2.24) is 24.7 Å². The third-order valence-electron chi connectivity index (χ3n) is 7.48. The average Bonchev–Trinajstić information content (AvgIpc) is 3.69. The predicted octanol–water partition coefficient (Wildman–Crippen LogP) is 2.87. The summed E-state index contributed by atoms with van der Waals surface area (Å²) in [6, 6.07) is 7.17. The molecule has 0 spiro atoms. The minimum atomic E-state index is -1.14. The number of aromatic nitrogens is 2. The zero-order valence-corrected chi connectivity index (χ0v) is 24.7. The van der Waals surface area contributed by atoms with Gasteiger partial charge >= 0.3 is 0 Å². The number of hydrogen-bond donors (Lipinski definition) is 3. The highest BCUT2D eigenvalue weighted by atomic mass is 35.5. The molecular formula is C29H31ClF2N6O6. The molecule has 0 aliphatic carbocycles. The number of carbonyl (C=O) groups is 4. The Kier molecular flexibility index (Phi) is 10.5. The average molecular weight is 633 g/mol. The van der Waals surface area contributed by atoms with Gasteiger partial charge in [0, 0.05) is 51.0 Å². The first kappa shape index (κ1) is 32.4. The van der Waals surface area contributed by atoms with E-state index in [0.717, 1.165) is 13.0 Å². The summed E-state index contributed by atoms with van der Waals surface area (Å²) in [5.41, 5.74) is 0.711. The Morgan fingerprint density at radius 3 is 2.41 bits per heavy atom. The third-order valence-corrected chi connectivity index (χ3v) is 7.79.